The first kappa shape index (κ1) is 20.0. The average molecular weight is 385 g/mol. The summed E-state index contributed by atoms with van der Waals surface area (Å²) in [6, 6.07) is 8.20. The molecule has 1 amide bonds. The maximum Gasteiger partial charge on any atom is 0.220 e. The van der Waals surface area contributed by atoms with Crippen molar-refractivity contribution in [3.63, 3.8) is 0 Å². The van der Waals surface area contributed by atoms with Gasteiger partial charge in [0.05, 0.1) is 0 Å². The van der Waals surface area contributed by atoms with Crippen molar-refractivity contribution in [3.8, 4) is 0 Å². The zero-order chi connectivity index (χ0) is 19.8. The summed E-state index contributed by atoms with van der Waals surface area (Å²) < 4.78 is 12.9. The quantitative estimate of drug-likeness (QED) is 0.729. The van der Waals surface area contributed by atoms with Crippen LogP contribution in [-0.4, -0.2) is 35.5 Å². The third kappa shape index (κ3) is 5.90. The van der Waals surface area contributed by atoms with E-state index in [1.54, 1.807) is 18.5 Å². The van der Waals surface area contributed by atoms with Gasteiger partial charge in [-0.3, -0.25) is 4.79 Å². The van der Waals surface area contributed by atoms with Crippen LogP contribution >= 0.6 is 0 Å². The van der Waals surface area contributed by atoms with Gasteiger partial charge in [0.1, 0.15) is 23.8 Å². The molecular formula is C21H28FN5O. The van der Waals surface area contributed by atoms with Gasteiger partial charge in [-0.15, -0.1) is 0 Å². The Labute approximate surface area is 165 Å². The average Bonchev–Trinajstić information content (AvgIpc) is 2.73. The standard InChI is InChI=1S/C21H28FN5O/c1-2-23-19-13-20(26-15-25-19)27-11-9-16(10-12-27)5-8-21(28)24-14-17-3-6-18(22)7-4-17/h3-4,6-7,13,15-16H,2,5,8-12,14H2,1H3,(H,24,28)(H,23,25,26). The number of nitrogens with zero attached hydrogens (tertiary/aromatic N) is 3. The van der Waals surface area contributed by atoms with Gasteiger partial charge in [0.15, 0.2) is 0 Å². The number of aromatic nitrogens is 2. The fourth-order valence-corrected chi connectivity index (χ4v) is 3.48. The Bertz CT molecular complexity index is 760. The zero-order valence-corrected chi connectivity index (χ0v) is 16.3. The van der Waals surface area contributed by atoms with Gasteiger partial charge in [-0.2, -0.15) is 0 Å². The molecule has 1 aliphatic heterocycles. The van der Waals surface area contributed by atoms with E-state index in [0.29, 0.717) is 18.9 Å². The lowest BCUT2D eigenvalue weighted by molar-refractivity contribution is -0.121. The number of hydrogen-bond acceptors (Lipinski definition) is 5. The summed E-state index contributed by atoms with van der Waals surface area (Å²) in [4.78, 5) is 23.0. The molecule has 7 heteroatoms. The molecule has 0 spiro atoms. The van der Waals surface area contributed by atoms with Gasteiger partial charge >= 0.3 is 0 Å². The second kappa shape index (κ2) is 10.0. The van der Waals surface area contributed by atoms with Crippen LogP contribution in [0.5, 0.6) is 0 Å². The predicted molar refractivity (Wildman–Crippen MR) is 109 cm³/mol. The molecule has 28 heavy (non-hydrogen) atoms. The molecule has 6 nitrogen and oxygen atoms in total. The zero-order valence-electron chi connectivity index (χ0n) is 16.3. The smallest absolute Gasteiger partial charge is 0.220 e. The number of nitrogens with one attached hydrogen (secondary N) is 2. The third-order valence-corrected chi connectivity index (χ3v) is 5.13. The number of hydrogen-bond donors (Lipinski definition) is 2. The van der Waals surface area contributed by atoms with E-state index in [4.69, 9.17) is 0 Å². The Morgan fingerprint density at radius 3 is 2.68 bits per heavy atom. The van der Waals surface area contributed by atoms with Crippen LogP contribution in [0.3, 0.4) is 0 Å². The number of carbonyl (C=O) groups excluding carboxylic acids is 1. The molecule has 150 valence electrons. The molecule has 1 aromatic heterocycles. The van der Waals surface area contributed by atoms with E-state index in [1.165, 1.54) is 12.1 Å². The van der Waals surface area contributed by atoms with Gasteiger partial charge in [-0.05, 0) is 49.8 Å². The summed E-state index contributed by atoms with van der Waals surface area (Å²) >= 11 is 0. The fourth-order valence-electron chi connectivity index (χ4n) is 3.48. The highest BCUT2D eigenvalue weighted by Crippen LogP contribution is 2.25. The van der Waals surface area contributed by atoms with Gasteiger partial charge in [-0.1, -0.05) is 12.1 Å². The molecule has 1 fully saturated rings. The van der Waals surface area contributed by atoms with Gasteiger partial charge in [0.2, 0.25) is 5.91 Å². The molecule has 0 atom stereocenters. The highest BCUT2D eigenvalue weighted by molar-refractivity contribution is 5.75. The Morgan fingerprint density at radius 2 is 1.96 bits per heavy atom. The number of rotatable bonds is 8. The second-order valence-electron chi connectivity index (χ2n) is 7.16. The predicted octanol–water partition coefficient (Wildman–Crippen LogP) is 3.36. The van der Waals surface area contributed by atoms with Crippen molar-refractivity contribution in [1.82, 2.24) is 15.3 Å². The Kier molecular flexibility index (Phi) is 7.17. The number of anilines is 2. The highest BCUT2D eigenvalue weighted by Gasteiger charge is 2.21. The molecule has 2 N–H and O–H groups in total. The van der Waals surface area contributed by atoms with Crippen LogP contribution < -0.4 is 15.5 Å². The monoisotopic (exact) mass is 385 g/mol. The molecule has 3 rings (SSSR count). The Morgan fingerprint density at radius 1 is 1.21 bits per heavy atom. The number of benzene rings is 1. The molecule has 0 aliphatic carbocycles. The van der Waals surface area contributed by atoms with Gasteiger partial charge < -0.3 is 15.5 Å². The van der Waals surface area contributed by atoms with E-state index in [1.807, 2.05) is 13.0 Å². The minimum atomic E-state index is -0.263. The summed E-state index contributed by atoms with van der Waals surface area (Å²) in [7, 11) is 0. The maximum absolute atomic E-state index is 12.9. The lowest BCUT2D eigenvalue weighted by Gasteiger charge is -2.32. The summed E-state index contributed by atoms with van der Waals surface area (Å²) in [6.07, 6.45) is 5.15. The first-order chi connectivity index (χ1) is 13.6. The van der Waals surface area contributed by atoms with Gasteiger partial charge in [0, 0.05) is 38.7 Å². The van der Waals surface area contributed by atoms with Gasteiger partial charge in [-0.25, -0.2) is 14.4 Å². The minimum absolute atomic E-state index is 0.0536. The highest BCUT2D eigenvalue weighted by atomic mass is 19.1. The number of amides is 1. The molecular weight excluding hydrogens is 357 g/mol. The van der Waals surface area contributed by atoms with Crippen LogP contribution in [-0.2, 0) is 11.3 Å². The molecule has 0 unspecified atom stereocenters. The van der Waals surface area contributed by atoms with Crippen LogP contribution in [0.25, 0.3) is 0 Å². The number of piperidine rings is 1. The molecule has 1 aromatic carbocycles. The molecule has 2 aromatic rings. The number of halogens is 1. The van der Waals surface area contributed by atoms with Crippen molar-refractivity contribution in [3.05, 3.63) is 48.0 Å². The number of carbonyl (C=O) groups is 1. The van der Waals surface area contributed by atoms with Crippen molar-refractivity contribution in [1.29, 1.82) is 0 Å². The summed E-state index contributed by atoms with van der Waals surface area (Å²) in [6.45, 7) is 5.22. The van der Waals surface area contributed by atoms with Crippen molar-refractivity contribution >= 4 is 17.5 Å². The van der Waals surface area contributed by atoms with Crippen molar-refractivity contribution < 1.29 is 9.18 Å². The van der Waals surface area contributed by atoms with Crippen LogP contribution in [0.4, 0.5) is 16.0 Å². The van der Waals surface area contributed by atoms with Crippen molar-refractivity contribution in [2.24, 2.45) is 5.92 Å². The van der Waals surface area contributed by atoms with E-state index < -0.39 is 0 Å². The summed E-state index contributed by atoms with van der Waals surface area (Å²) in [5, 5.41) is 6.13. The Balaban J connectivity index is 1.37. The van der Waals surface area contributed by atoms with Gasteiger partial charge in [0.25, 0.3) is 0 Å². The summed E-state index contributed by atoms with van der Waals surface area (Å²) in [5.74, 6) is 2.16. The first-order valence-corrected chi connectivity index (χ1v) is 9.96. The molecule has 1 aliphatic rings. The van der Waals surface area contributed by atoms with E-state index >= 15 is 0 Å². The Hall–Kier alpha value is -2.70. The minimum Gasteiger partial charge on any atom is -0.370 e. The van der Waals surface area contributed by atoms with E-state index in [2.05, 4.69) is 25.5 Å². The largest absolute Gasteiger partial charge is 0.370 e. The van der Waals surface area contributed by atoms with Crippen LogP contribution in [0, 0.1) is 11.7 Å². The molecule has 2 heterocycles. The normalized spacial score (nSPS) is 14.7. The molecule has 1 saturated heterocycles. The molecule has 0 saturated carbocycles. The SMILES string of the molecule is CCNc1cc(N2CCC(CCC(=O)NCc3ccc(F)cc3)CC2)ncn1. The molecule has 0 bridgehead atoms. The van der Waals surface area contributed by atoms with Crippen LogP contribution in [0.1, 0.15) is 38.2 Å². The maximum atomic E-state index is 12.9. The fraction of sp³-hybridized carbons (Fsp3) is 0.476. The summed E-state index contributed by atoms with van der Waals surface area (Å²) in [5.41, 5.74) is 0.907. The molecule has 0 radical (unpaired) electrons. The van der Waals surface area contributed by atoms with Crippen molar-refractivity contribution in [2.75, 3.05) is 29.9 Å². The first-order valence-electron chi connectivity index (χ1n) is 9.96. The van der Waals surface area contributed by atoms with E-state index in [0.717, 1.165) is 56.1 Å². The lowest BCUT2D eigenvalue weighted by atomic mass is 9.92. The lowest BCUT2D eigenvalue weighted by Crippen LogP contribution is -2.34. The van der Waals surface area contributed by atoms with Crippen molar-refractivity contribution in [2.45, 2.75) is 39.2 Å². The van der Waals surface area contributed by atoms with E-state index in [-0.39, 0.29) is 11.7 Å². The van der Waals surface area contributed by atoms with E-state index in [9.17, 15) is 9.18 Å². The second-order valence-corrected chi connectivity index (χ2v) is 7.16. The van der Waals surface area contributed by atoms with Crippen LogP contribution in [0.15, 0.2) is 36.7 Å². The topological polar surface area (TPSA) is 70.2 Å². The van der Waals surface area contributed by atoms with Crippen LogP contribution in [0.2, 0.25) is 0 Å². The third-order valence-electron chi connectivity index (χ3n) is 5.13.